The average molecular weight is 309 g/mol. The Labute approximate surface area is 113 Å². The zero-order valence-corrected chi connectivity index (χ0v) is 11.5. The molecule has 1 aromatic heterocycles. The monoisotopic (exact) mass is 308 g/mol. The molecule has 0 bridgehead atoms. The Bertz CT molecular complexity index is 592. The van der Waals surface area contributed by atoms with E-state index >= 15 is 0 Å². The molecular formula is C12H13BrN4O. The minimum absolute atomic E-state index is 0.484. The van der Waals surface area contributed by atoms with Crippen molar-refractivity contribution >= 4 is 21.7 Å². The van der Waals surface area contributed by atoms with Crippen molar-refractivity contribution in [2.75, 3.05) is 12.8 Å². The zero-order chi connectivity index (χ0) is 12.7. The topological polar surface area (TPSA) is 66.0 Å². The second-order valence-electron chi connectivity index (χ2n) is 4.36. The van der Waals surface area contributed by atoms with E-state index in [-0.39, 0.29) is 0 Å². The van der Waals surface area contributed by atoms with Gasteiger partial charge >= 0.3 is 0 Å². The van der Waals surface area contributed by atoms with Crippen LogP contribution in [-0.2, 0) is 0 Å². The molecule has 1 aromatic carbocycles. The summed E-state index contributed by atoms with van der Waals surface area (Å²) in [4.78, 5) is 0. The number of methoxy groups -OCH3 is 1. The van der Waals surface area contributed by atoms with E-state index < -0.39 is 0 Å². The average Bonchev–Trinajstić information content (AvgIpc) is 3.14. The second-order valence-corrected chi connectivity index (χ2v) is 5.22. The first-order valence-electron chi connectivity index (χ1n) is 5.75. The van der Waals surface area contributed by atoms with Crippen LogP contribution in [0.2, 0.25) is 0 Å². The number of aromatic nitrogens is 3. The molecule has 0 atom stereocenters. The maximum absolute atomic E-state index is 5.90. The number of nitrogens with zero attached hydrogens (tertiary/aromatic N) is 3. The third-order valence-electron chi connectivity index (χ3n) is 3.08. The summed E-state index contributed by atoms with van der Waals surface area (Å²) in [5.41, 5.74) is 7.81. The van der Waals surface area contributed by atoms with Gasteiger partial charge < -0.3 is 10.5 Å². The van der Waals surface area contributed by atoms with Gasteiger partial charge in [0.2, 0.25) is 0 Å². The fraction of sp³-hybridized carbons (Fsp3) is 0.333. The third kappa shape index (κ3) is 1.86. The standard InChI is InChI=1S/C12H13BrN4O/c1-18-8-4-5-9(13)10(6-8)17-11(7-2-3-7)12(14)15-16-17/h4-7H,2-3,14H2,1H3. The van der Waals surface area contributed by atoms with Crippen LogP contribution in [0.1, 0.15) is 24.5 Å². The second kappa shape index (κ2) is 4.28. The molecule has 1 aliphatic rings. The molecular weight excluding hydrogens is 296 g/mol. The van der Waals surface area contributed by atoms with Crippen molar-refractivity contribution in [2.45, 2.75) is 18.8 Å². The first kappa shape index (κ1) is 11.5. The predicted molar refractivity (Wildman–Crippen MR) is 72.0 cm³/mol. The van der Waals surface area contributed by atoms with Gasteiger partial charge in [0, 0.05) is 16.5 Å². The van der Waals surface area contributed by atoms with E-state index in [1.807, 2.05) is 18.2 Å². The third-order valence-corrected chi connectivity index (χ3v) is 3.75. The Morgan fingerprint density at radius 1 is 1.44 bits per heavy atom. The maximum atomic E-state index is 5.90. The number of anilines is 1. The van der Waals surface area contributed by atoms with Crippen LogP contribution in [0, 0.1) is 0 Å². The van der Waals surface area contributed by atoms with Crippen LogP contribution >= 0.6 is 15.9 Å². The van der Waals surface area contributed by atoms with E-state index in [9.17, 15) is 0 Å². The molecule has 0 radical (unpaired) electrons. The number of nitrogens with two attached hydrogens (primary N) is 1. The molecule has 0 aliphatic heterocycles. The van der Waals surface area contributed by atoms with Crippen LogP contribution in [0.25, 0.3) is 5.69 Å². The van der Waals surface area contributed by atoms with E-state index in [2.05, 4.69) is 26.2 Å². The van der Waals surface area contributed by atoms with Crippen molar-refractivity contribution < 1.29 is 4.74 Å². The van der Waals surface area contributed by atoms with E-state index in [0.29, 0.717) is 11.7 Å². The quantitative estimate of drug-likeness (QED) is 0.946. The summed E-state index contributed by atoms with van der Waals surface area (Å²) in [5.74, 6) is 1.79. The normalized spacial score (nSPS) is 14.8. The summed E-state index contributed by atoms with van der Waals surface area (Å²) in [7, 11) is 1.64. The minimum Gasteiger partial charge on any atom is -0.497 e. The van der Waals surface area contributed by atoms with Crippen LogP contribution in [0.3, 0.4) is 0 Å². The molecule has 1 fully saturated rings. The van der Waals surface area contributed by atoms with Gasteiger partial charge in [0.15, 0.2) is 5.82 Å². The highest BCUT2D eigenvalue weighted by Crippen LogP contribution is 2.43. The van der Waals surface area contributed by atoms with E-state index in [0.717, 1.165) is 34.4 Å². The lowest BCUT2D eigenvalue weighted by atomic mass is 10.2. The van der Waals surface area contributed by atoms with Crippen molar-refractivity contribution in [3.8, 4) is 11.4 Å². The summed E-state index contributed by atoms with van der Waals surface area (Å²) in [6, 6.07) is 5.75. The molecule has 0 spiro atoms. The van der Waals surface area contributed by atoms with Crippen LogP contribution in [0.5, 0.6) is 5.75 Å². The highest BCUT2D eigenvalue weighted by Gasteiger charge is 2.31. The van der Waals surface area contributed by atoms with Gasteiger partial charge in [0.25, 0.3) is 0 Å². The Morgan fingerprint density at radius 3 is 2.89 bits per heavy atom. The molecule has 6 heteroatoms. The molecule has 18 heavy (non-hydrogen) atoms. The van der Waals surface area contributed by atoms with Crippen molar-refractivity contribution in [2.24, 2.45) is 0 Å². The van der Waals surface area contributed by atoms with Gasteiger partial charge in [-0.2, -0.15) is 0 Å². The summed E-state index contributed by atoms with van der Waals surface area (Å²) in [5, 5.41) is 8.12. The Hall–Kier alpha value is -1.56. The van der Waals surface area contributed by atoms with Crippen molar-refractivity contribution in [1.29, 1.82) is 0 Å². The number of hydrogen-bond donors (Lipinski definition) is 1. The first-order chi connectivity index (χ1) is 8.70. The van der Waals surface area contributed by atoms with Gasteiger partial charge in [-0.1, -0.05) is 5.21 Å². The first-order valence-corrected chi connectivity index (χ1v) is 6.55. The summed E-state index contributed by atoms with van der Waals surface area (Å²) in [6.07, 6.45) is 2.30. The number of nitrogen functional groups attached to an aromatic ring is 1. The van der Waals surface area contributed by atoms with E-state index in [4.69, 9.17) is 10.5 Å². The highest BCUT2D eigenvalue weighted by molar-refractivity contribution is 9.10. The van der Waals surface area contributed by atoms with Crippen LogP contribution in [0.15, 0.2) is 22.7 Å². The van der Waals surface area contributed by atoms with Gasteiger partial charge in [0.1, 0.15) is 5.75 Å². The fourth-order valence-electron chi connectivity index (χ4n) is 2.00. The van der Waals surface area contributed by atoms with Gasteiger partial charge in [-0.25, -0.2) is 4.68 Å². The molecule has 0 saturated heterocycles. The van der Waals surface area contributed by atoms with E-state index in [1.54, 1.807) is 11.8 Å². The van der Waals surface area contributed by atoms with Crippen molar-refractivity contribution in [3.63, 3.8) is 0 Å². The predicted octanol–water partition coefficient (Wildman–Crippen LogP) is 2.50. The van der Waals surface area contributed by atoms with Gasteiger partial charge in [0.05, 0.1) is 18.5 Å². The van der Waals surface area contributed by atoms with Crippen LogP contribution in [-0.4, -0.2) is 22.1 Å². The van der Waals surface area contributed by atoms with Crippen LogP contribution in [0.4, 0.5) is 5.82 Å². The molecule has 2 N–H and O–H groups in total. The molecule has 94 valence electrons. The molecule has 2 aromatic rings. The Kier molecular flexibility index (Phi) is 2.74. The maximum Gasteiger partial charge on any atom is 0.169 e. The number of hydrogen-bond acceptors (Lipinski definition) is 4. The molecule has 1 saturated carbocycles. The van der Waals surface area contributed by atoms with Crippen molar-refractivity contribution in [3.05, 3.63) is 28.4 Å². The number of halogens is 1. The largest absolute Gasteiger partial charge is 0.497 e. The lowest BCUT2D eigenvalue weighted by Crippen LogP contribution is -2.04. The summed E-state index contributed by atoms with van der Waals surface area (Å²) >= 11 is 3.52. The lowest BCUT2D eigenvalue weighted by molar-refractivity contribution is 0.414. The molecule has 1 aliphatic carbocycles. The smallest absolute Gasteiger partial charge is 0.169 e. The molecule has 3 rings (SSSR count). The zero-order valence-electron chi connectivity index (χ0n) is 9.93. The number of benzene rings is 1. The number of ether oxygens (including phenoxy) is 1. The summed E-state index contributed by atoms with van der Waals surface area (Å²) < 4.78 is 7.99. The molecule has 0 amide bonds. The van der Waals surface area contributed by atoms with Crippen molar-refractivity contribution in [1.82, 2.24) is 15.0 Å². The SMILES string of the molecule is COc1ccc(Br)c(-n2nnc(N)c2C2CC2)c1. The number of rotatable bonds is 3. The highest BCUT2D eigenvalue weighted by atomic mass is 79.9. The minimum atomic E-state index is 0.484. The Morgan fingerprint density at radius 2 is 2.22 bits per heavy atom. The van der Waals surface area contributed by atoms with Gasteiger partial charge in [-0.15, -0.1) is 5.10 Å². The molecule has 5 nitrogen and oxygen atoms in total. The lowest BCUT2D eigenvalue weighted by Gasteiger charge is -2.09. The fourth-order valence-corrected chi connectivity index (χ4v) is 2.41. The van der Waals surface area contributed by atoms with Gasteiger partial charge in [-0.3, -0.25) is 0 Å². The Balaban J connectivity index is 2.14. The summed E-state index contributed by atoms with van der Waals surface area (Å²) in [6.45, 7) is 0. The van der Waals surface area contributed by atoms with Crippen LogP contribution < -0.4 is 10.5 Å². The molecule has 1 heterocycles. The van der Waals surface area contributed by atoms with Gasteiger partial charge in [-0.05, 0) is 40.9 Å². The van der Waals surface area contributed by atoms with E-state index in [1.165, 1.54) is 0 Å². The molecule has 0 unspecified atom stereocenters.